The van der Waals surface area contributed by atoms with Crippen molar-refractivity contribution in [2.75, 3.05) is 45.2 Å². The Morgan fingerprint density at radius 3 is 2.21 bits per heavy atom. The van der Waals surface area contributed by atoms with Gasteiger partial charge in [-0.3, -0.25) is 9.59 Å². The highest BCUT2D eigenvalue weighted by atomic mass is 16.5. The van der Waals surface area contributed by atoms with Crippen LogP contribution >= 0.6 is 0 Å². The van der Waals surface area contributed by atoms with Crippen molar-refractivity contribution in [3.8, 4) is 5.75 Å². The lowest BCUT2D eigenvalue weighted by Crippen LogP contribution is -2.47. The van der Waals surface area contributed by atoms with Crippen LogP contribution in [0.4, 0.5) is 5.69 Å². The fourth-order valence-corrected chi connectivity index (χ4v) is 3.15. The molecule has 2 aromatic carbocycles. The molecule has 3 rings (SSSR count). The summed E-state index contributed by atoms with van der Waals surface area (Å²) in [5.74, 6) is 0.745. The lowest BCUT2D eigenvalue weighted by molar-refractivity contribution is -0.115. The number of nitrogens with zero attached hydrogens (tertiary/aromatic N) is 2. The Hall–Kier alpha value is -2.86. The zero-order valence-electron chi connectivity index (χ0n) is 16.5. The Bertz CT molecular complexity index is 795. The van der Waals surface area contributed by atoms with Crippen LogP contribution in [-0.2, 0) is 11.2 Å². The number of carbonyl (C=O) groups is 2. The van der Waals surface area contributed by atoms with Gasteiger partial charge in [-0.1, -0.05) is 12.1 Å². The van der Waals surface area contributed by atoms with Crippen molar-refractivity contribution in [1.29, 1.82) is 0 Å². The van der Waals surface area contributed by atoms with E-state index in [0.29, 0.717) is 17.9 Å². The van der Waals surface area contributed by atoms with E-state index in [1.54, 1.807) is 24.3 Å². The molecule has 2 amide bonds. The second-order valence-corrected chi connectivity index (χ2v) is 6.97. The minimum Gasteiger partial charge on any atom is -0.494 e. The van der Waals surface area contributed by atoms with Gasteiger partial charge in [0.2, 0.25) is 5.91 Å². The molecule has 0 unspecified atom stereocenters. The summed E-state index contributed by atoms with van der Waals surface area (Å²) in [6.45, 7) is 5.83. The molecule has 0 atom stereocenters. The van der Waals surface area contributed by atoms with Crippen molar-refractivity contribution in [2.45, 2.75) is 13.3 Å². The second kappa shape index (κ2) is 9.37. The quantitative estimate of drug-likeness (QED) is 0.836. The SMILES string of the molecule is CCOc1ccc(CC(=O)Nc2ccc(C(=O)N3CCN(C)CC3)cc2)cc1. The van der Waals surface area contributed by atoms with Crippen LogP contribution in [-0.4, -0.2) is 61.4 Å². The lowest BCUT2D eigenvalue weighted by Gasteiger charge is -2.32. The largest absolute Gasteiger partial charge is 0.494 e. The number of piperazine rings is 1. The molecule has 1 aliphatic rings. The zero-order chi connectivity index (χ0) is 19.9. The van der Waals surface area contributed by atoms with Gasteiger partial charge < -0.3 is 19.9 Å². The molecule has 0 radical (unpaired) electrons. The topological polar surface area (TPSA) is 61.9 Å². The summed E-state index contributed by atoms with van der Waals surface area (Å²) >= 11 is 0. The summed E-state index contributed by atoms with van der Waals surface area (Å²) in [5.41, 5.74) is 2.25. The lowest BCUT2D eigenvalue weighted by atomic mass is 10.1. The summed E-state index contributed by atoms with van der Waals surface area (Å²) in [6.07, 6.45) is 0.286. The highest BCUT2D eigenvalue weighted by Crippen LogP contribution is 2.15. The predicted octanol–water partition coefficient (Wildman–Crippen LogP) is 2.65. The molecular weight excluding hydrogens is 354 g/mol. The van der Waals surface area contributed by atoms with E-state index < -0.39 is 0 Å². The number of ether oxygens (including phenoxy) is 1. The monoisotopic (exact) mass is 381 g/mol. The van der Waals surface area contributed by atoms with E-state index in [-0.39, 0.29) is 18.2 Å². The van der Waals surface area contributed by atoms with E-state index in [1.165, 1.54) is 0 Å². The minimum absolute atomic E-state index is 0.0420. The van der Waals surface area contributed by atoms with Gasteiger partial charge >= 0.3 is 0 Å². The van der Waals surface area contributed by atoms with Gasteiger partial charge in [0.1, 0.15) is 5.75 Å². The Morgan fingerprint density at radius 2 is 1.61 bits per heavy atom. The minimum atomic E-state index is -0.0951. The Kier molecular flexibility index (Phi) is 6.66. The van der Waals surface area contributed by atoms with Crippen molar-refractivity contribution in [3.63, 3.8) is 0 Å². The second-order valence-electron chi connectivity index (χ2n) is 6.97. The maximum Gasteiger partial charge on any atom is 0.253 e. The highest BCUT2D eigenvalue weighted by molar-refractivity contribution is 5.96. The average Bonchev–Trinajstić information content (AvgIpc) is 2.70. The first-order valence-corrected chi connectivity index (χ1v) is 9.64. The van der Waals surface area contributed by atoms with Gasteiger partial charge in [-0.2, -0.15) is 0 Å². The highest BCUT2D eigenvalue weighted by Gasteiger charge is 2.20. The van der Waals surface area contributed by atoms with E-state index in [2.05, 4.69) is 17.3 Å². The van der Waals surface area contributed by atoms with Crippen molar-refractivity contribution < 1.29 is 14.3 Å². The molecule has 0 aliphatic carbocycles. The first kappa shape index (κ1) is 19.9. The van der Waals surface area contributed by atoms with Gasteiger partial charge in [0.05, 0.1) is 13.0 Å². The van der Waals surface area contributed by atoms with Gasteiger partial charge in [0.25, 0.3) is 5.91 Å². The van der Waals surface area contributed by atoms with Gasteiger partial charge in [0.15, 0.2) is 0 Å². The Labute approximate surface area is 166 Å². The third-order valence-corrected chi connectivity index (χ3v) is 4.81. The van der Waals surface area contributed by atoms with E-state index >= 15 is 0 Å². The van der Waals surface area contributed by atoms with Crippen molar-refractivity contribution in [2.24, 2.45) is 0 Å². The fraction of sp³-hybridized carbons (Fsp3) is 0.364. The predicted molar refractivity (Wildman–Crippen MR) is 110 cm³/mol. The summed E-state index contributed by atoms with van der Waals surface area (Å²) in [6, 6.07) is 14.6. The molecule has 1 N–H and O–H groups in total. The van der Waals surface area contributed by atoms with E-state index in [4.69, 9.17) is 4.74 Å². The number of hydrogen-bond donors (Lipinski definition) is 1. The van der Waals surface area contributed by atoms with Crippen LogP contribution in [0.3, 0.4) is 0 Å². The number of benzene rings is 2. The molecule has 1 heterocycles. The maximum absolute atomic E-state index is 12.6. The molecule has 1 saturated heterocycles. The number of likely N-dealkylation sites (N-methyl/N-ethyl adjacent to an activating group) is 1. The van der Waals surface area contributed by atoms with Crippen LogP contribution in [0.2, 0.25) is 0 Å². The third-order valence-electron chi connectivity index (χ3n) is 4.81. The van der Waals surface area contributed by atoms with Gasteiger partial charge in [-0.05, 0) is 55.9 Å². The number of rotatable bonds is 6. The summed E-state index contributed by atoms with van der Waals surface area (Å²) < 4.78 is 5.41. The fourth-order valence-electron chi connectivity index (χ4n) is 3.15. The van der Waals surface area contributed by atoms with Crippen LogP contribution < -0.4 is 10.1 Å². The third kappa shape index (κ3) is 5.33. The van der Waals surface area contributed by atoms with Crippen LogP contribution in [0, 0.1) is 0 Å². The van der Waals surface area contributed by atoms with Crippen molar-refractivity contribution in [1.82, 2.24) is 9.80 Å². The molecule has 1 aliphatic heterocycles. The molecule has 28 heavy (non-hydrogen) atoms. The first-order chi connectivity index (χ1) is 13.5. The smallest absolute Gasteiger partial charge is 0.253 e. The van der Waals surface area contributed by atoms with Gasteiger partial charge in [-0.15, -0.1) is 0 Å². The number of nitrogens with one attached hydrogen (secondary N) is 1. The summed E-state index contributed by atoms with van der Waals surface area (Å²) in [4.78, 5) is 28.9. The molecule has 0 aromatic heterocycles. The van der Waals surface area contributed by atoms with Crippen molar-refractivity contribution >= 4 is 17.5 Å². The Balaban J connectivity index is 1.53. The standard InChI is InChI=1S/C22H27N3O3/c1-3-28-20-10-4-17(5-11-20)16-21(26)23-19-8-6-18(7-9-19)22(27)25-14-12-24(2)13-15-25/h4-11H,3,12-16H2,1-2H3,(H,23,26). The van der Waals surface area contributed by atoms with Crippen molar-refractivity contribution in [3.05, 3.63) is 59.7 Å². The summed E-state index contributed by atoms with van der Waals surface area (Å²) in [5, 5.41) is 2.88. The Morgan fingerprint density at radius 1 is 0.964 bits per heavy atom. The molecule has 1 fully saturated rings. The maximum atomic E-state index is 12.6. The van der Waals surface area contributed by atoms with E-state index in [1.807, 2.05) is 36.1 Å². The van der Waals surface area contributed by atoms with Crippen LogP contribution in [0.1, 0.15) is 22.8 Å². The molecule has 6 nitrogen and oxygen atoms in total. The molecular formula is C22H27N3O3. The van der Waals surface area contributed by atoms with Crippen LogP contribution in [0.15, 0.2) is 48.5 Å². The molecule has 148 valence electrons. The number of carbonyl (C=O) groups excluding carboxylic acids is 2. The number of anilines is 1. The molecule has 0 spiro atoms. The van der Waals surface area contributed by atoms with Gasteiger partial charge in [0, 0.05) is 37.4 Å². The zero-order valence-corrected chi connectivity index (χ0v) is 16.5. The molecule has 6 heteroatoms. The average molecular weight is 381 g/mol. The normalized spacial score (nSPS) is 14.6. The molecule has 0 saturated carbocycles. The number of hydrogen-bond acceptors (Lipinski definition) is 4. The van der Waals surface area contributed by atoms with Crippen LogP contribution in [0.5, 0.6) is 5.75 Å². The van der Waals surface area contributed by atoms with Crippen LogP contribution in [0.25, 0.3) is 0 Å². The van der Waals surface area contributed by atoms with Gasteiger partial charge in [-0.25, -0.2) is 0 Å². The summed E-state index contributed by atoms with van der Waals surface area (Å²) in [7, 11) is 2.06. The number of amides is 2. The molecule has 0 bridgehead atoms. The first-order valence-electron chi connectivity index (χ1n) is 9.64. The van der Waals surface area contributed by atoms with E-state index in [0.717, 1.165) is 37.5 Å². The molecule has 2 aromatic rings. The van der Waals surface area contributed by atoms with E-state index in [9.17, 15) is 9.59 Å².